The second-order valence-corrected chi connectivity index (χ2v) is 6.48. The molecule has 0 bridgehead atoms. The Morgan fingerprint density at radius 3 is 2.48 bits per heavy atom. The van der Waals surface area contributed by atoms with Crippen molar-refractivity contribution in [2.45, 2.75) is 11.9 Å². The summed E-state index contributed by atoms with van der Waals surface area (Å²) in [4.78, 5) is 17.4. The Kier molecular flexibility index (Phi) is 4.19. The number of nitrogens with zero attached hydrogens (tertiary/aromatic N) is 2. The number of anilines is 1. The van der Waals surface area contributed by atoms with E-state index in [0.29, 0.717) is 10.8 Å². The lowest BCUT2D eigenvalue weighted by atomic mass is 10.3. The van der Waals surface area contributed by atoms with Crippen molar-refractivity contribution in [1.29, 1.82) is 0 Å². The quantitative estimate of drug-likeness (QED) is 0.868. The molecule has 0 unspecified atom stereocenters. The molecular formula is C12H12ClN3O4S. The van der Waals surface area contributed by atoms with Crippen molar-refractivity contribution in [1.82, 2.24) is 9.97 Å². The Labute approximate surface area is 126 Å². The molecule has 0 radical (unpaired) electrons. The number of rotatable bonds is 5. The number of halogens is 1. The summed E-state index contributed by atoms with van der Waals surface area (Å²) in [5.74, 6) is -0.857. The van der Waals surface area contributed by atoms with Gasteiger partial charge in [-0.2, -0.15) is 8.42 Å². The summed E-state index contributed by atoms with van der Waals surface area (Å²) in [7, 11) is -4.05. The summed E-state index contributed by atoms with van der Waals surface area (Å²) in [6.07, 6.45) is 1.15. The minimum Gasteiger partial charge on any atom is -0.480 e. The molecule has 0 fully saturated rings. The number of hydrogen-bond acceptors (Lipinski definition) is 4. The third-order valence-electron chi connectivity index (χ3n) is 2.64. The molecule has 2 N–H and O–H groups in total. The SMILES string of the molecule is Cc1ncc(S(=O)(=O)N(CC(=O)O)c2ccc(Cl)cc2)[nH]1. The van der Waals surface area contributed by atoms with Gasteiger partial charge in [0.2, 0.25) is 0 Å². The highest BCUT2D eigenvalue weighted by molar-refractivity contribution is 7.92. The van der Waals surface area contributed by atoms with Crippen LogP contribution in [0, 0.1) is 6.92 Å². The summed E-state index contributed by atoms with van der Waals surface area (Å²) < 4.78 is 25.8. The van der Waals surface area contributed by atoms with Gasteiger partial charge < -0.3 is 10.1 Å². The van der Waals surface area contributed by atoms with Crippen molar-refractivity contribution in [3.63, 3.8) is 0 Å². The molecule has 21 heavy (non-hydrogen) atoms. The summed E-state index contributed by atoms with van der Waals surface area (Å²) in [5.41, 5.74) is 0.203. The van der Waals surface area contributed by atoms with E-state index < -0.39 is 22.5 Å². The molecule has 7 nitrogen and oxygen atoms in total. The maximum absolute atomic E-state index is 12.5. The smallest absolute Gasteiger partial charge is 0.324 e. The van der Waals surface area contributed by atoms with Crippen LogP contribution < -0.4 is 4.31 Å². The van der Waals surface area contributed by atoms with Crippen LogP contribution in [0.1, 0.15) is 5.82 Å². The first kappa shape index (κ1) is 15.3. The highest BCUT2D eigenvalue weighted by Gasteiger charge is 2.28. The molecule has 1 aromatic carbocycles. The molecular weight excluding hydrogens is 318 g/mol. The van der Waals surface area contributed by atoms with Gasteiger partial charge in [-0.15, -0.1) is 0 Å². The van der Waals surface area contributed by atoms with Gasteiger partial charge in [0.05, 0.1) is 11.9 Å². The molecule has 112 valence electrons. The predicted molar refractivity (Wildman–Crippen MR) is 76.9 cm³/mol. The monoisotopic (exact) mass is 329 g/mol. The third kappa shape index (κ3) is 3.34. The first-order valence-electron chi connectivity index (χ1n) is 5.82. The second-order valence-electron chi connectivity index (χ2n) is 4.21. The fourth-order valence-corrected chi connectivity index (χ4v) is 3.20. The van der Waals surface area contributed by atoms with Crippen molar-refractivity contribution in [2.24, 2.45) is 0 Å². The van der Waals surface area contributed by atoms with Gasteiger partial charge in [-0.3, -0.25) is 9.10 Å². The Morgan fingerprint density at radius 2 is 2.00 bits per heavy atom. The maximum Gasteiger partial charge on any atom is 0.324 e. The number of aliphatic carboxylic acids is 1. The van der Waals surface area contributed by atoms with E-state index in [1.165, 1.54) is 24.3 Å². The lowest BCUT2D eigenvalue weighted by Crippen LogP contribution is -2.35. The maximum atomic E-state index is 12.5. The molecule has 0 aliphatic heterocycles. The summed E-state index contributed by atoms with van der Waals surface area (Å²) >= 11 is 5.76. The number of imidazole rings is 1. The van der Waals surface area contributed by atoms with E-state index in [1.807, 2.05) is 0 Å². The van der Waals surface area contributed by atoms with E-state index in [1.54, 1.807) is 6.92 Å². The molecule has 0 aliphatic carbocycles. The Hall–Kier alpha value is -2.06. The zero-order chi connectivity index (χ0) is 15.6. The minimum absolute atomic E-state index is 0.170. The lowest BCUT2D eigenvalue weighted by molar-refractivity contribution is -0.135. The Balaban J connectivity index is 2.49. The lowest BCUT2D eigenvalue weighted by Gasteiger charge is -2.21. The van der Waals surface area contributed by atoms with Crippen molar-refractivity contribution >= 4 is 33.3 Å². The summed E-state index contributed by atoms with van der Waals surface area (Å²) in [5, 5.41) is 9.21. The van der Waals surface area contributed by atoms with Crippen LogP contribution in [0.25, 0.3) is 0 Å². The molecule has 0 atom stereocenters. The zero-order valence-corrected chi connectivity index (χ0v) is 12.5. The predicted octanol–water partition coefficient (Wildman–Crippen LogP) is 1.65. The Bertz CT molecular complexity index is 755. The molecule has 9 heteroatoms. The van der Waals surface area contributed by atoms with Gasteiger partial charge in [-0.25, -0.2) is 4.98 Å². The molecule has 0 spiro atoms. The van der Waals surface area contributed by atoms with Crippen LogP contribution in [0.3, 0.4) is 0 Å². The normalized spacial score (nSPS) is 11.3. The fourth-order valence-electron chi connectivity index (χ4n) is 1.69. The van der Waals surface area contributed by atoms with Gasteiger partial charge in [0.25, 0.3) is 10.0 Å². The zero-order valence-electron chi connectivity index (χ0n) is 10.9. The second kappa shape index (κ2) is 5.74. The van der Waals surface area contributed by atoms with E-state index >= 15 is 0 Å². The number of carbonyl (C=O) groups is 1. The molecule has 1 heterocycles. The van der Waals surface area contributed by atoms with Crippen LogP contribution in [0.4, 0.5) is 5.69 Å². The number of hydrogen-bond donors (Lipinski definition) is 2. The number of sulfonamides is 1. The van der Waals surface area contributed by atoms with Gasteiger partial charge in [-0.05, 0) is 31.2 Å². The van der Waals surface area contributed by atoms with Gasteiger partial charge in [0, 0.05) is 5.02 Å². The number of benzene rings is 1. The van der Waals surface area contributed by atoms with E-state index in [2.05, 4.69) is 9.97 Å². The number of nitrogens with one attached hydrogen (secondary N) is 1. The number of aromatic nitrogens is 2. The van der Waals surface area contributed by atoms with Crippen molar-refractivity contribution < 1.29 is 18.3 Å². The molecule has 2 rings (SSSR count). The average Bonchev–Trinajstić information content (AvgIpc) is 2.84. The van der Waals surface area contributed by atoms with Crippen molar-refractivity contribution in [2.75, 3.05) is 10.8 Å². The molecule has 1 aromatic heterocycles. The number of carboxylic acid groups (broad SMARTS) is 1. The first-order valence-corrected chi connectivity index (χ1v) is 7.64. The Morgan fingerprint density at radius 1 is 1.38 bits per heavy atom. The fraction of sp³-hybridized carbons (Fsp3) is 0.167. The van der Waals surface area contributed by atoms with E-state index in [4.69, 9.17) is 16.7 Å². The van der Waals surface area contributed by atoms with E-state index in [9.17, 15) is 13.2 Å². The molecule has 0 saturated carbocycles. The summed E-state index contributed by atoms with van der Waals surface area (Å²) in [6.45, 7) is 0.894. The molecule has 0 saturated heterocycles. The van der Waals surface area contributed by atoms with Crippen LogP contribution in [0.2, 0.25) is 5.02 Å². The van der Waals surface area contributed by atoms with Crippen LogP contribution >= 0.6 is 11.6 Å². The van der Waals surface area contributed by atoms with Crippen molar-refractivity contribution in [3.05, 3.63) is 41.3 Å². The van der Waals surface area contributed by atoms with Gasteiger partial charge >= 0.3 is 5.97 Å². The number of aryl methyl sites for hydroxylation is 1. The van der Waals surface area contributed by atoms with Crippen molar-refractivity contribution in [3.8, 4) is 0 Å². The van der Waals surface area contributed by atoms with Crippen LogP contribution in [0.15, 0.2) is 35.5 Å². The molecule has 0 aliphatic rings. The van der Waals surface area contributed by atoms with E-state index in [-0.39, 0.29) is 10.7 Å². The van der Waals surface area contributed by atoms with Crippen LogP contribution in [-0.2, 0) is 14.8 Å². The average molecular weight is 330 g/mol. The summed E-state index contributed by atoms with van der Waals surface area (Å²) in [6, 6.07) is 5.84. The van der Waals surface area contributed by atoms with E-state index in [0.717, 1.165) is 10.5 Å². The standard InChI is InChI=1S/C12H12ClN3O4S/c1-8-14-6-11(15-8)21(19,20)16(7-12(17)18)10-4-2-9(13)3-5-10/h2-6H,7H2,1H3,(H,14,15)(H,17,18). The van der Waals surface area contributed by atoms with Gasteiger partial charge in [-0.1, -0.05) is 11.6 Å². The number of aromatic amines is 1. The minimum atomic E-state index is -4.05. The molecule has 2 aromatic rings. The number of H-pyrrole nitrogens is 1. The van der Waals surface area contributed by atoms with Gasteiger partial charge in [0.15, 0.2) is 5.03 Å². The van der Waals surface area contributed by atoms with Gasteiger partial charge in [0.1, 0.15) is 12.4 Å². The highest BCUT2D eigenvalue weighted by Crippen LogP contribution is 2.24. The molecule has 0 amide bonds. The largest absolute Gasteiger partial charge is 0.480 e. The third-order valence-corrected chi connectivity index (χ3v) is 4.58. The highest BCUT2D eigenvalue weighted by atomic mass is 35.5. The topological polar surface area (TPSA) is 103 Å². The number of carboxylic acids is 1. The first-order chi connectivity index (χ1) is 9.80. The van der Waals surface area contributed by atoms with Crippen LogP contribution in [-0.4, -0.2) is 36.0 Å². The van der Waals surface area contributed by atoms with Crippen LogP contribution in [0.5, 0.6) is 0 Å².